The second kappa shape index (κ2) is 8.38. The number of ether oxygens (including phenoxy) is 2. The van der Waals surface area contributed by atoms with Crippen LogP contribution in [-0.2, 0) is 20.7 Å². The van der Waals surface area contributed by atoms with Gasteiger partial charge in [-0.2, -0.15) is 0 Å². The van der Waals surface area contributed by atoms with E-state index in [4.69, 9.17) is 4.74 Å². The van der Waals surface area contributed by atoms with E-state index >= 15 is 0 Å². The normalized spacial score (nSPS) is 12.5. The fraction of sp³-hybridized carbons (Fsp3) is 0.500. The Hall–Kier alpha value is -1.75. The van der Waals surface area contributed by atoms with E-state index in [1.807, 2.05) is 0 Å². The van der Waals surface area contributed by atoms with Gasteiger partial charge in [0.25, 0.3) is 0 Å². The molecule has 1 amide bonds. The van der Waals surface area contributed by atoms with Crippen molar-refractivity contribution in [3.63, 3.8) is 0 Å². The molecule has 24 heavy (non-hydrogen) atoms. The number of nitrogens with one attached hydrogen (secondary N) is 1. The first-order chi connectivity index (χ1) is 11.0. The average Bonchev–Trinajstić information content (AvgIpc) is 2.42. The molecular weight excluding hydrogens is 339 g/mol. The molecule has 0 fully saturated rings. The van der Waals surface area contributed by atoms with Crippen LogP contribution in [0.2, 0.25) is 0 Å². The summed E-state index contributed by atoms with van der Waals surface area (Å²) in [6.07, 6.45) is -0.911. The van der Waals surface area contributed by atoms with Gasteiger partial charge in [-0.15, -0.1) is 9.24 Å². The van der Waals surface area contributed by atoms with Crippen LogP contribution < -0.4 is 10.6 Å². The van der Waals surface area contributed by atoms with Crippen LogP contribution in [0.4, 0.5) is 13.6 Å². The molecule has 0 spiro atoms. The van der Waals surface area contributed by atoms with Crippen LogP contribution in [0.1, 0.15) is 32.8 Å². The number of carbonyl (C=O) groups is 2. The molecule has 0 aliphatic carbocycles. The molecule has 1 N–H and O–H groups in total. The fourth-order valence-corrected chi connectivity index (χ4v) is 2.25. The molecule has 0 aromatic heterocycles. The molecular formula is C16H22F2NO4P. The Labute approximate surface area is 142 Å². The first-order valence-corrected chi connectivity index (χ1v) is 7.89. The van der Waals surface area contributed by atoms with Crippen LogP contribution in [0.3, 0.4) is 0 Å². The second-order valence-electron chi connectivity index (χ2n) is 6.29. The van der Waals surface area contributed by atoms with Crippen LogP contribution in [0.5, 0.6) is 0 Å². The molecule has 0 bridgehead atoms. The fourth-order valence-electron chi connectivity index (χ4n) is 1.97. The van der Waals surface area contributed by atoms with E-state index in [1.54, 1.807) is 20.8 Å². The van der Waals surface area contributed by atoms with Gasteiger partial charge in [0.1, 0.15) is 17.2 Å². The molecule has 5 nitrogen and oxygen atoms in total. The summed E-state index contributed by atoms with van der Waals surface area (Å²) >= 11 is 0. The Balaban J connectivity index is 2.92. The van der Waals surface area contributed by atoms with Crippen molar-refractivity contribution in [2.75, 3.05) is 7.11 Å². The van der Waals surface area contributed by atoms with E-state index in [0.29, 0.717) is 0 Å². The summed E-state index contributed by atoms with van der Waals surface area (Å²) in [5.74, 6) is -2.00. The molecule has 134 valence electrons. The maximum Gasteiger partial charge on any atom is 0.407 e. The summed E-state index contributed by atoms with van der Waals surface area (Å²) in [4.78, 5) is 23.4. The molecule has 0 radical (unpaired) electrons. The standard InChI is InChI=1S/C16H22F2NO4P/c1-16(2,3)23-15(21)19-10(7-14(20)22-4)5-9-6-13(24)12(18)8-11(9)17/h6,8,10H,5,7,24H2,1-4H3,(H,19,21). The van der Waals surface area contributed by atoms with Crippen LogP contribution >= 0.6 is 9.24 Å². The third-order valence-electron chi connectivity index (χ3n) is 2.99. The van der Waals surface area contributed by atoms with Crippen molar-refractivity contribution in [2.24, 2.45) is 0 Å². The lowest BCUT2D eigenvalue weighted by molar-refractivity contribution is -0.141. The molecule has 1 aromatic rings. The molecule has 8 heteroatoms. The van der Waals surface area contributed by atoms with Crippen molar-refractivity contribution >= 4 is 26.6 Å². The van der Waals surface area contributed by atoms with Crippen LogP contribution in [-0.4, -0.2) is 30.8 Å². The highest BCUT2D eigenvalue weighted by Gasteiger charge is 2.23. The smallest absolute Gasteiger partial charge is 0.407 e. The minimum atomic E-state index is -0.753. The molecule has 0 heterocycles. The van der Waals surface area contributed by atoms with Crippen molar-refractivity contribution in [2.45, 2.75) is 45.3 Å². The van der Waals surface area contributed by atoms with Crippen molar-refractivity contribution in [3.05, 3.63) is 29.3 Å². The average molecular weight is 361 g/mol. The van der Waals surface area contributed by atoms with E-state index in [9.17, 15) is 18.4 Å². The lowest BCUT2D eigenvalue weighted by atomic mass is 10.0. The van der Waals surface area contributed by atoms with Gasteiger partial charge >= 0.3 is 12.1 Å². The SMILES string of the molecule is COC(=O)CC(Cc1cc(P)c(F)cc1F)NC(=O)OC(C)(C)C. The molecule has 1 rings (SSSR count). The second-order valence-corrected chi connectivity index (χ2v) is 6.91. The Bertz CT molecular complexity index is 617. The van der Waals surface area contributed by atoms with Crippen molar-refractivity contribution in [1.82, 2.24) is 5.32 Å². The predicted molar refractivity (Wildman–Crippen MR) is 89.2 cm³/mol. The number of hydrogen-bond acceptors (Lipinski definition) is 4. The minimum absolute atomic E-state index is 0.0120. The highest BCUT2D eigenvalue weighted by Crippen LogP contribution is 2.15. The predicted octanol–water partition coefficient (Wildman–Crippen LogP) is 2.46. The summed E-state index contributed by atoms with van der Waals surface area (Å²) < 4.78 is 37.0. The summed E-state index contributed by atoms with van der Waals surface area (Å²) in [5.41, 5.74) is -0.541. The van der Waals surface area contributed by atoms with Crippen molar-refractivity contribution in [3.8, 4) is 0 Å². The lowest BCUT2D eigenvalue weighted by Gasteiger charge is -2.23. The van der Waals surface area contributed by atoms with Gasteiger partial charge in [0.2, 0.25) is 0 Å². The van der Waals surface area contributed by atoms with E-state index in [2.05, 4.69) is 19.3 Å². The minimum Gasteiger partial charge on any atom is -0.469 e. The van der Waals surface area contributed by atoms with Crippen LogP contribution in [0, 0.1) is 11.6 Å². The Morgan fingerprint density at radius 2 is 1.88 bits per heavy atom. The van der Waals surface area contributed by atoms with E-state index in [-0.39, 0.29) is 23.7 Å². The lowest BCUT2D eigenvalue weighted by Crippen LogP contribution is -2.41. The molecule has 0 aliphatic heterocycles. The topological polar surface area (TPSA) is 64.6 Å². The zero-order valence-corrected chi connectivity index (χ0v) is 15.3. The van der Waals surface area contributed by atoms with Gasteiger partial charge in [-0.1, -0.05) is 0 Å². The summed E-state index contributed by atoms with van der Waals surface area (Å²) in [6, 6.07) is 1.33. The van der Waals surface area contributed by atoms with Crippen LogP contribution in [0.25, 0.3) is 0 Å². The van der Waals surface area contributed by atoms with Gasteiger partial charge in [-0.3, -0.25) is 4.79 Å². The van der Waals surface area contributed by atoms with Gasteiger partial charge in [0.15, 0.2) is 0 Å². The number of methoxy groups -OCH3 is 1. The molecule has 2 atom stereocenters. The Morgan fingerprint density at radius 3 is 2.42 bits per heavy atom. The molecule has 0 saturated heterocycles. The Kier molecular flexibility index (Phi) is 7.08. The Morgan fingerprint density at radius 1 is 1.25 bits per heavy atom. The number of carbonyl (C=O) groups excluding carboxylic acids is 2. The number of amides is 1. The molecule has 0 saturated carbocycles. The summed E-state index contributed by atoms with van der Waals surface area (Å²) in [6.45, 7) is 5.09. The quantitative estimate of drug-likeness (QED) is 0.646. The third-order valence-corrected chi connectivity index (χ3v) is 3.44. The summed E-state index contributed by atoms with van der Waals surface area (Å²) in [7, 11) is 3.38. The third kappa shape index (κ3) is 6.79. The molecule has 0 aliphatic rings. The first-order valence-electron chi connectivity index (χ1n) is 7.31. The van der Waals surface area contributed by atoms with Gasteiger partial charge in [-0.25, -0.2) is 13.6 Å². The van der Waals surface area contributed by atoms with E-state index in [0.717, 1.165) is 6.07 Å². The highest BCUT2D eigenvalue weighted by molar-refractivity contribution is 7.27. The van der Waals surface area contributed by atoms with Gasteiger partial charge in [0.05, 0.1) is 13.5 Å². The number of halogens is 2. The van der Waals surface area contributed by atoms with Crippen molar-refractivity contribution in [1.29, 1.82) is 0 Å². The largest absolute Gasteiger partial charge is 0.469 e. The molecule has 1 aromatic carbocycles. The van der Waals surface area contributed by atoms with Gasteiger partial charge < -0.3 is 14.8 Å². The first kappa shape index (κ1) is 20.3. The summed E-state index contributed by atoms with van der Waals surface area (Å²) in [5, 5.41) is 2.71. The number of benzene rings is 1. The monoisotopic (exact) mass is 361 g/mol. The van der Waals surface area contributed by atoms with Crippen molar-refractivity contribution < 1.29 is 27.8 Å². The van der Waals surface area contributed by atoms with Crippen LogP contribution in [0.15, 0.2) is 12.1 Å². The van der Waals surface area contributed by atoms with E-state index in [1.165, 1.54) is 13.2 Å². The zero-order chi connectivity index (χ0) is 18.5. The molecule has 2 unspecified atom stereocenters. The number of rotatable bonds is 5. The number of hydrogen-bond donors (Lipinski definition) is 1. The van der Waals surface area contributed by atoms with Gasteiger partial charge in [-0.05, 0) is 38.8 Å². The maximum atomic E-state index is 13.9. The number of esters is 1. The van der Waals surface area contributed by atoms with Gasteiger partial charge in [0, 0.05) is 17.4 Å². The van der Waals surface area contributed by atoms with E-state index < -0.39 is 35.3 Å². The zero-order valence-electron chi connectivity index (χ0n) is 14.1. The number of alkyl carbamates (subject to hydrolysis) is 1. The highest BCUT2D eigenvalue weighted by atomic mass is 31.0. The maximum absolute atomic E-state index is 13.9.